The molecular weight excluding hydrogens is 188 g/mol. The number of Topliss-reactive ketones (excluding diaryl/α,β-unsaturated/α-hetero) is 1. The Morgan fingerprint density at radius 2 is 1.93 bits per heavy atom. The maximum atomic E-state index is 11.0. The van der Waals surface area contributed by atoms with Gasteiger partial charge in [-0.25, -0.2) is 0 Å². The van der Waals surface area contributed by atoms with Crippen LogP contribution in [0.5, 0.6) is 0 Å². The molecule has 0 bridgehead atoms. The van der Waals surface area contributed by atoms with Gasteiger partial charge in [-0.1, -0.05) is 42.5 Å². The summed E-state index contributed by atoms with van der Waals surface area (Å²) < 4.78 is 4.91. The van der Waals surface area contributed by atoms with E-state index < -0.39 is 0 Å². The number of ether oxygens (including phenoxy) is 1. The summed E-state index contributed by atoms with van der Waals surface area (Å²) >= 11 is 0. The molecule has 0 spiro atoms. The molecule has 1 rings (SSSR count). The van der Waals surface area contributed by atoms with Crippen molar-refractivity contribution in [3.8, 4) is 0 Å². The first-order chi connectivity index (χ1) is 7.24. The molecule has 1 aromatic rings. The monoisotopic (exact) mass is 202 g/mol. The number of rotatable bonds is 4. The Kier molecular flexibility index (Phi) is 4.35. The van der Waals surface area contributed by atoms with Gasteiger partial charge in [0.1, 0.15) is 0 Å². The third-order valence-corrected chi connectivity index (χ3v) is 1.90. The lowest BCUT2D eigenvalue weighted by molar-refractivity contribution is -0.116. The van der Waals surface area contributed by atoms with Crippen LogP contribution in [0.4, 0.5) is 0 Å². The van der Waals surface area contributed by atoms with Crippen molar-refractivity contribution < 1.29 is 9.53 Å². The smallest absolute Gasteiger partial charge is 0.194 e. The molecule has 15 heavy (non-hydrogen) atoms. The van der Waals surface area contributed by atoms with Crippen LogP contribution in [-0.2, 0) is 9.53 Å². The van der Waals surface area contributed by atoms with E-state index in [4.69, 9.17) is 4.74 Å². The Morgan fingerprint density at radius 3 is 2.47 bits per heavy atom. The summed E-state index contributed by atoms with van der Waals surface area (Å²) in [4.78, 5) is 11.0. The highest BCUT2D eigenvalue weighted by atomic mass is 16.5. The molecule has 0 heterocycles. The minimum absolute atomic E-state index is 0.0739. The van der Waals surface area contributed by atoms with Crippen LogP contribution in [-0.4, -0.2) is 12.9 Å². The molecule has 0 saturated heterocycles. The number of hydrogen-bond donors (Lipinski definition) is 0. The fourth-order valence-electron chi connectivity index (χ4n) is 1.14. The Labute approximate surface area is 89.9 Å². The summed E-state index contributed by atoms with van der Waals surface area (Å²) in [6, 6.07) is 9.87. The number of methoxy groups -OCH3 is 1. The molecular formula is C13H14O2. The first-order valence-corrected chi connectivity index (χ1v) is 4.72. The Bertz CT molecular complexity index is 375. The maximum Gasteiger partial charge on any atom is 0.194 e. The van der Waals surface area contributed by atoms with Crippen LogP contribution in [0.2, 0.25) is 0 Å². The molecule has 0 N–H and O–H groups in total. The van der Waals surface area contributed by atoms with Crippen molar-refractivity contribution in [2.75, 3.05) is 7.11 Å². The standard InChI is InChI=1S/C13H14O2/c1-11(14)13(15-2)10-6-9-12-7-4-3-5-8-12/h3-10H,1-2H3/b9-6+,13-10-. The summed E-state index contributed by atoms with van der Waals surface area (Å²) in [5.41, 5.74) is 1.09. The molecule has 1 aromatic carbocycles. The molecule has 0 amide bonds. The summed E-state index contributed by atoms with van der Waals surface area (Å²) in [7, 11) is 1.49. The lowest BCUT2D eigenvalue weighted by Crippen LogP contribution is -1.97. The van der Waals surface area contributed by atoms with Crippen LogP contribution in [0.15, 0.2) is 48.2 Å². The van der Waals surface area contributed by atoms with Crippen LogP contribution in [0, 0.1) is 0 Å². The molecule has 0 saturated carbocycles. The van der Waals surface area contributed by atoms with E-state index in [1.807, 2.05) is 36.4 Å². The largest absolute Gasteiger partial charge is 0.493 e. The topological polar surface area (TPSA) is 26.3 Å². The second-order valence-corrected chi connectivity index (χ2v) is 3.06. The van der Waals surface area contributed by atoms with E-state index >= 15 is 0 Å². The molecule has 0 aliphatic heterocycles. The zero-order valence-electron chi connectivity index (χ0n) is 8.94. The van der Waals surface area contributed by atoms with Gasteiger partial charge in [-0.2, -0.15) is 0 Å². The van der Waals surface area contributed by atoms with Gasteiger partial charge >= 0.3 is 0 Å². The SMILES string of the molecule is CO/C(=C\C=C\c1ccccc1)C(C)=O. The highest BCUT2D eigenvalue weighted by Crippen LogP contribution is 2.03. The summed E-state index contributed by atoms with van der Waals surface area (Å²) in [6.07, 6.45) is 5.38. The predicted molar refractivity (Wildman–Crippen MR) is 61.2 cm³/mol. The fourth-order valence-corrected chi connectivity index (χ4v) is 1.14. The van der Waals surface area contributed by atoms with E-state index in [0.29, 0.717) is 5.76 Å². The minimum Gasteiger partial charge on any atom is -0.493 e. The first-order valence-electron chi connectivity index (χ1n) is 4.72. The molecule has 0 aliphatic carbocycles. The molecule has 0 radical (unpaired) electrons. The zero-order valence-corrected chi connectivity index (χ0v) is 8.94. The van der Waals surface area contributed by atoms with Gasteiger partial charge in [0.2, 0.25) is 0 Å². The number of carbonyl (C=O) groups excluding carboxylic acids is 1. The highest BCUT2D eigenvalue weighted by molar-refractivity contribution is 5.91. The normalized spacial score (nSPS) is 11.7. The highest BCUT2D eigenvalue weighted by Gasteiger charge is 1.99. The predicted octanol–water partition coefficient (Wildman–Crippen LogP) is 2.82. The van der Waals surface area contributed by atoms with Gasteiger partial charge in [-0.15, -0.1) is 0 Å². The lowest BCUT2D eigenvalue weighted by atomic mass is 10.2. The van der Waals surface area contributed by atoms with Gasteiger partial charge < -0.3 is 4.74 Å². The molecule has 2 heteroatoms. The van der Waals surface area contributed by atoms with Crippen LogP contribution in [0.1, 0.15) is 12.5 Å². The van der Waals surface area contributed by atoms with Gasteiger partial charge in [0.15, 0.2) is 11.5 Å². The maximum absolute atomic E-state index is 11.0. The molecule has 0 atom stereocenters. The Balaban J connectivity index is 2.70. The summed E-state index contributed by atoms with van der Waals surface area (Å²) in [5.74, 6) is 0.289. The summed E-state index contributed by atoms with van der Waals surface area (Å²) in [5, 5.41) is 0. The lowest BCUT2D eigenvalue weighted by Gasteiger charge is -1.98. The van der Waals surface area contributed by atoms with Crippen molar-refractivity contribution in [2.45, 2.75) is 6.92 Å². The summed E-state index contributed by atoms with van der Waals surface area (Å²) in [6.45, 7) is 1.48. The van der Waals surface area contributed by atoms with Gasteiger partial charge in [0.25, 0.3) is 0 Å². The average molecular weight is 202 g/mol. The Morgan fingerprint density at radius 1 is 1.27 bits per heavy atom. The van der Waals surface area contributed by atoms with Crippen LogP contribution >= 0.6 is 0 Å². The molecule has 0 unspecified atom stereocenters. The van der Waals surface area contributed by atoms with Crippen molar-refractivity contribution >= 4 is 11.9 Å². The van der Waals surface area contributed by atoms with E-state index in [1.54, 1.807) is 12.2 Å². The third kappa shape index (κ3) is 3.81. The molecule has 0 aliphatic rings. The zero-order chi connectivity index (χ0) is 11.1. The first kappa shape index (κ1) is 11.2. The quantitative estimate of drug-likeness (QED) is 0.426. The van der Waals surface area contributed by atoms with Crippen molar-refractivity contribution in [2.24, 2.45) is 0 Å². The molecule has 78 valence electrons. The van der Waals surface area contributed by atoms with E-state index in [9.17, 15) is 4.79 Å². The third-order valence-electron chi connectivity index (χ3n) is 1.90. The number of benzene rings is 1. The Hall–Kier alpha value is -1.83. The molecule has 0 fully saturated rings. The van der Waals surface area contributed by atoms with E-state index in [0.717, 1.165) is 5.56 Å². The van der Waals surface area contributed by atoms with Gasteiger partial charge in [0.05, 0.1) is 7.11 Å². The van der Waals surface area contributed by atoms with Crippen molar-refractivity contribution in [3.63, 3.8) is 0 Å². The van der Waals surface area contributed by atoms with Gasteiger partial charge in [-0.05, 0) is 11.6 Å². The van der Waals surface area contributed by atoms with Crippen LogP contribution in [0.25, 0.3) is 6.08 Å². The number of hydrogen-bond acceptors (Lipinski definition) is 2. The van der Waals surface area contributed by atoms with Crippen LogP contribution < -0.4 is 0 Å². The average Bonchev–Trinajstić information content (AvgIpc) is 2.25. The molecule has 2 nitrogen and oxygen atoms in total. The number of carbonyl (C=O) groups is 1. The van der Waals surface area contributed by atoms with E-state index in [-0.39, 0.29) is 5.78 Å². The van der Waals surface area contributed by atoms with Gasteiger partial charge in [-0.3, -0.25) is 4.79 Å². The van der Waals surface area contributed by atoms with E-state index in [1.165, 1.54) is 14.0 Å². The van der Waals surface area contributed by atoms with Gasteiger partial charge in [0, 0.05) is 6.92 Å². The minimum atomic E-state index is -0.0739. The van der Waals surface area contributed by atoms with E-state index in [2.05, 4.69) is 0 Å². The van der Waals surface area contributed by atoms with Crippen molar-refractivity contribution in [1.29, 1.82) is 0 Å². The molecule has 0 aromatic heterocycles. The fraction of sp³-hybridized carbons (Fsp3) is 0.154. The van der Waals surface area contributed by atoms with Crippen LogP contribution in [0.3, 0.4) is 0 Å². The number of allylic oxidation sites excluding steroid dienone is 3. The second-order valence-electron chi connectivity index (χ2n) is 3.06. The number of ketones is 1. The van der Waals surface area contributed by atoms with Crippen molar-refractivity contribution in [3.05, 3.63) is 53.8 Å². The van der Waals surface area contributed by atoms with Crippen molar-refractivity contribution in [1.82, 2.24) is 0 Å². The second kappa shape index (κ2) is 5.81.